The third-order valence-corrected chi connectivity index (χ3v) is 2.24. The summed E-state index contributed by atoms with van der Waals surface area (Å²) >= 11 is 0. The standard InChI is InChI=1S/C9H19F3N2/c1-7(2)8(5-13)6-14-4-3-9(10,11)12/h7-8,14H,3-6,13H2,1-2H3. The molecular formula is C9H19F3N2. The van der Waals surface area contributed by atoms with Crippen LogP contribution in [0.1, 0.15) is 20.3 Å². The Morgan fingerprint density at radius 1 is 1.29 bits per heavy atom. The summed E-state index contributed by atoms with van der Waals surface area (Å²) in [6, 6.07) is 0. The number of nitrogens with one attached hydrogen (secondary N) is 1. The molecule has 1 atom stereocenters. The average Bonchev–Trinajstić information content (AvgIpc) is 2.01. The molecule has 0 spiro atoms. The number of alkyl halides is 3. The van der Waals surface area contributed by atoms with Crippen molar-refractivity contribution in [2.24, 2.45) is 17.6 Å². The van der Waals surface area contributed by atoms with Crippen LogP contribution >= 0.6 is 0 Å². The molecule has 0 aromatic heterocycles. The summed E-state index contributed by atoms with van der Waals surface area (Å²) in [5.74, 6) is 0.654. The van der Waals surface area contributed by atoms with Gasteiger partial charge in [0.15, 0.2) is 0 Å². The summed E-state index contributed by atoms with van der Waals surface area (Å²) in [4.78, 5) is 0. The Morgan fingerprint density at radius 3 is 2.21 bits per heavy atom. The first-order chi connectivity index (χ1) is 6.37. The lowest BCUT2D eigenvalue weighted by Gasteiger charge is -2.19. The maximum absolute atomic E-state index is 11.8. The first-order valence-electron chi connectivity index (χ1n) is 4.84. The van der Waals surface area contributed by atoms with Crippen molar-refractivity contribution in [1.82, 2.24) is 5.32 Å². The zero-order valence-corrected chi connectivity index (χ0v) is 8.69. The van der Waals surface area contributed by atoms with Gasteiger partial charge in [-0.1, -0.05) is 13.8 Å². The molecule has 1 unspecified atom stereocenters. The molecule has 0 aromatic rings. The van der Waals surface area contributed by atoms with Crippen LogP contribution in [0.5, 0.6) is 0 Å². The number of hydrogen-bond acceptors (Lipinski definition) is 2. The van der Waals surface area contributed by atoms with E-state index in [1.165, 1.54) is 0 Å². The molecule has 0 aromatic carbocycles. The molecule has 2 nitrogen and oxygen atoms in total. The Morgan fingerprint density at radius 2 is 1.86 bits per heavy atom. The summed E-state index contributed by atoms with van der Waals surface area (Å²) in [6.45, 7) is 5.08. The van der Waals surface area contributed by atoms with Crippen molar-refractivity contribution < 1.29 is 13.2 Å². The van der Waals surface area contributed by atoms with Crippen molar-refractivity contribution in [3.8, 4) is 0 Å². The van der Waals surface area contributed by atoms with Crippen LogP contribution in [0, 0.1) is 11.8 Å². The SMILES string of the molecule is CC(C)C(CN)CNCCC(F)(F)F. The second kappa shape index (κ2) is 6.24. The normalized spacial score (nSPS) is 14.8. The second-order valence-corrected chi connectivity index (χ2v) is 3.81. The van der Waals surface area contributed by atoms with Crippen molar-refractivity contribution in [2.75, 3.05) is 19.6 Å². The molecule has 0 fully saturated rings. The molecule has 0 bridgehead atoms. The van der Waals surface area contributed by atoms with Crippen LogP contribution in [-0.2, 0) is 0 Å². The highest BCUT2D eigenvalue weighted by Gasteiger charge is 2.26. The van der Waals surface area contributed by atoms with Crippen molar-refractivity contribution in [3.63, 3.8) is 0 Å². The predicted molar refractivity (Wildman–Crippen MR) is 50.9 cm³/mol. The van der Waals surface area contributed by atoms with Gasteiger partial charge in [-0.2, -0.15) is 13.2 Å². The van der Waals surface area contributed by atoms with Gasteiger partial charge >= 0.3 is 6.18 Å². The minimum atomic E-state index is -4.07. The van der Waals surface area contributed by atoms with E-state index < -0.39 is 12.6 Å². The molecule has 0 saturated carbocycles. The summed E-state index contributed by atoms with van der Waals surface area (Å²) in [7, 11) is 0. The van der Waals surface area contributed by atoms with E-state index in [-0.39, 0.29) is 12.5 Å². The summed E-state index contributed by atoms with van der Waals surface area (Å²) in [5.41, 5.74) is 5.48. The van der Waals surface area contributed by atoms with Crippen molar-refractivity contribution in [1.29, 1.82) is 0 Å². The fourth-order valence-electron chi connectivity index (χ4n) is 1.11. The van der Waals surface area contributed by atoms with Gasteiger partial charge in [-0.05, 0) is 24.9 Å². The molecule has 0 heterocycles. The van der Waals surface area contributed by atoms with E-state index in [9.17, 15) is 13.2 Å². The van der Waals surface area contributed by atoms with E-state index >= 15 is 0 Å². The largest absolute Gasteiger partial charge is 0.390 e. The Bertz CT molecular complexity index is 145. The van der Waals surface area contributed by atoms with Crippen molar-refractivity contribution >= 4 is 0 Å². The predicted octanol–water partition coefficient (Wildman–Crippen LogP) is 1.76. The molecule has 3 N–H and O–H groups in total. The molecule has 5 heteroatoms. The minimum absolute atomic E-state index is 0.0211. The smallest absolute Gasteiger partial charge is 0.330 e. The summed E-state index contributed by atoms with van der Waals surface area (Å²) in [5, 5.41) is 2.77. The van der Waals surface area contributed by atoms with Gasteiger partial charge in [0.2, 0.25) is 0 Å². The van der Waals surface area contributed by atoms with Crippen LogP contribution in [0.25, 0.3) is 0 Å². The maximum atomic E-state index is 11.8. The fraction of sp³-hybridized carbons (Fsp3) is 1.00. The Hall–Kier alpha value is -0.290. The highest BCUT2D eigenvalue weighted by Crippen LogP contribution is 2.18. The number of halogens is 3. The van der Waals surface area contributed by atoms with Gasteiger partial charge in [-0.25, -0.2) is 0 Å². The van der Waals surface area contributed by atoms with Gasteiger partial charge in [-0.15, -0.1) is 0 Å². The highest BCUT2D eigenvalue weighted by molar-refractivity contribution is 4.67. The van der Waals surface area contributed by atoms with E-state index in [2.05, 4.69) is 5.32 Å². The third-order valence-electron chi connectivity index (χ3n) is 2.24. The monoisotopic (exact) mass is 212 g/mol. The van der Waals surface area contributed by atoms with Gasteiger partial charge in [-0.3, -0.25) is 0 Å². The molecule has 0 aliphatic rings. The minimum Gasteiger partial charge on any atom is -0.330 e. The van der Waals surface area contributed by atoms with Gasteiger partial charge in [0, 0.05) is 6.54 Å². The Kier molecular flexibility index (Phi) is 6.11. The van der Waals surface area contributed by atoms with E-state index in [1.807, 2.05) is 13.8 Å². The fourth-order valence-corrected chi connectivity index (χ4v) is 1.11. The molecule has 0 rings (SSSR count). The van der Waals surface area contributed by atoms with Crippen LogP contribution in [0.4, 0.5) is 13.2 Å². The first-order valence-corrected chi connectivity index (χ1v) is 4.84. The van der Waals surface area contributed by atoms with Gasteiger partial charge in [0.05, 0.1) is 6.42 Å². The molecule has 0 aliphatic carbocycles. The number of rotatable bonds is 6. The van der Waals surface area contributed by atoms with Crippen LogP contribution < -0.4 is 11.1 Å². The molecule has 0 saturated heterocycles. The van der Waals surface area contributed by atoms with E-state index in [0.29, 0.717) is 19.0 Å². The third kappa shape index (κ3) is 7.15. The summed E-state index contributed by atoms with van der Waals surface area (Å²) < 4.78 is 35.3. The highest BCUT2D eigenvalue weighted by atomic mass is 19.4. The van der Waals surface area contributed by atoms with Crippen molar-refractivity contribution in [2.45, 2.75) is 26.4 Å². The molecule has 14 heavy (non-hydrogen) atoms. The Balaban J connectivity index is 3.52. The van der Waals surface area contributed by atoms with Gasteiger partial charge in [0.25, 0.3) is 0 Å². The van der Waals surface area contributed by atoms with E-state index in [0.717, 1.165) is 0 Å². The van der Waals surface area contributed by atoms with Gasteiger partial charge < -0.3 is 11.1 Å². The topological polar surface area (TPSA) is 38.0 Å². The van der Waals surface area contributed by atoms with Crippen LogP contribution in [0.15, 0.2) is 0 Å². The summed E-state index contributed by atoms with van der Waals surface area (Å²) in [6.07, 6.45) is -4.84. The van der Waals surface area contributed by atoms with Crippen LogP contribution in [-0.4, -0.2) is 25.8 Å². The number of nitrogens with two attached hydrogens (primary N) is 1. The van der Waals surface area contributed by atoms with E-state index in [1.54, 1.807) is 0 Å². The molecule has 0 amide bonds. The zero-order valence-electron chi connectivity index (χ0n) is 8.69. The average molecular weight is 212 g/mol. The first kappa shape index (κ1) is 13.7. The lowest BCUT2D eigenvalue weighted by Crippen LogP contribution is -2.33. The maximum Gasteiger partial charge on any atom is 0.390 e. The molecular weight excluding hydrogens is 193 g/mol. The van der Waals surface area contributed by atoms with Crippen LogP contribution in [0.2, 0.25) is 0 Å². The van der Waals surface area contributed by atoms with Crippen molar-refractivity contribution in [3.05, 3.63) is 0 Å². The lowest BCUT2D eigenvalue weighted by atomic mass is 9.96. The zero-order chi connectivity index (χ0) is 11.2. The Labute approximate surface area is 83.0 Å². The second-order valence-electron chi connectivity index (χ2n) is 3.81. The van der Waals surface area contributed by atoms with E-state index in [4.69, 9.17) is 5.73 Å². The number of hydrogen-bond donors (Lipinski definition) is 2. The molecule has 0 aliphatic heterocycles. The van der Waals surface area contributed by atoms with Crippen LogP contribution in [0.3, 0.4) is 0 Å². The lowest BCUT2D eigenvalue weighted by molar-refractivity contribution is -0.133. The molecule has 0 radical (unpaired) electrons. The quantitative estimate of drug-likeness (QED) is 0.658. The molecule has 86 valence electrons. The van der Waals surface area contributed by atoms with Gasteiger partial charge in [0.1, 0.15) is 0 Å².